The summed E-state index contributed by atoms with van der Waals surface area (Å²) in [6.07, 6.45) is 0.461. The maximum absolute atomic E-state index is 12.7. The minimum atomic E-state index is -0.944. The maximum atomic E-state index is 12.7. The Labute approximate surface area is 68.2 Å². The molecule has 0 bridgehead atoms. The van der Waals surface area contributed by atoms with Crippen molar-refractivity contribution in [1.29, 1.82) is 0 Å². The summed E-state index contributed by atoms with van der Waals surface area (Å²) in [6.45, 7) is -0.234. The standard InChI is InChI=1S/C7H7FN2O2/c8-5-2-1-3-10-6(5)4-12-7(9)11/h1-3H,4H2,(H2,9,11). The second kappa shape index (κ2) is 3.66. The Morgan fingerprint density at radius 2 is 2.50 bits per heavy atom. The van der Waals surface area contributed by atoms with Gasteiger partial charge >= 0.3 is 6.09 Å². The third kappa shape index (κ3) is 2.19. The first kappa shape index (κ1) is 8.45. The molecule has 1 heterocycles. The van der Waals surface area contributed by atoms with Crippen molar-refractivity contribution < 1.29 is 13.9 Å². The number of halogens is 1. The normalized spacial score (nSPS) is 9.42. The molecule has 0 spiro atoms. The van der Waals surface area contributed by atoms with Gasteiger partial charge in [0.25, 0.3) is 0 Å². The van der Waals surface area contributed by atoms with Crippen LogP contribution >= 0.6 is 0 Å². The van der Waals surface area contributed by atoms with Gasteiger partial charge in [-0.2, -0.15) is 0 Å². The Morgan fingerprint density at radius 1 is 1.75 bits per heavy atom. The van der Waals surface area contributed by atoms with Gasteiger partial charge < -0.3 is 10.5 Å². The molecule has 0 aliphatic carbocycles. The van der Waals surface area contributed by atoms with Gasteiger partial charge in [0.15, 0.2) is 0 Å². The summed E-state index contributed by atoms with van der Waals surface area (Å²) in [4.78, 5) is 13.8. The van der Waals surface area contributed by atoms with E-state index in [-0.39, 0.29) is 12.3 Å². The Balaban J connectivity index is 2.63. The minimum Gasteiger partial charge on any atom is -0.443 e. The van der Waals surface area contributed by atoms with Crippen molar-refractivity contribution in [3.05, 3.63) is 29.8 Å². The second-order valence-corrected chi connectivity index (χ2v) is 2.04. The Bertz CT molecular complexity index is 290. The van der Waals surface area contributed by atoms with Gasteiger partial charge in [0.2, 0.25) is 0 Å². The third-order valence-corrected chi connectivity index (χ3v) is 1.19. The van der Waals surface area contributed by atoms with Crippen LogP contribution in [0.5, 0.6) is 0 Å². The van der Waals surface area contributed by atoms with Crippen LogP contribution in [0.1, 0.15) is 5.69 Å². The Hall–Kier alpha value is -1.65. The van der Waals surface area contributed by atoms with Crippen molar-refractivity contribution in [2.75, 3.05) is 0 Å². The predicted molar refractivity (Wildman–Crippen MR) is 38.6 cm³/mol. The first-order chi connectivity index (χ1) is 5.70. The number of carbonyl (C=O) groups is 1. The molecule has 1 rings (SSSR count). The average Bonchev–Trinajstić information content (AvgIpc) is 2.03. The largest absolute Gasteiger partial charge is 0.443 e. The van der Waals surface area contributed by atoms with Gasteiger partial charge in [-0.25, -0.2) is 9.18 Å². The molecule has 0 fully saturated rings. The number of amides is 1. The van der Waals surface area contributed by atoms with Gasteiger partial charge in [0.05, 0.1) is 0 Å². The number of pyridine rings is 1. The van der Waals surface area contributed by atoms with Crippen LogP contribution in [0.15, 0.2) is 18.3 Å². The molecule has 2 N–H and O–H groups in total. The highest BCUT2D eigenvalue weighted by Crippen LogP contribution is 2.03. The molecule has 0 saturated heterocycles. The number of hydrogen-bond donors (Lipinski definition) is 1. The van der Waals surface area contributed by atoms with Crippen LogP contribution in [0, 0.1) is 5.82 Å². The van der Waals surface area contributed by atoms with Crippen molar-refractivity contribution in [3.8, 4) is 0 Å². The quantitative estimate of drug-likeness (QED) is 0.714. The molecule has 5 heteroatoms. The fourth-order valence-corrected chi connectivity index (χ4v) is 0.664. The molecular weight excluding hydrogens is 163 g/mol. The van der Waals surface area contributed by atoms with Crippen LogP contribution in [-0.2, 0) is 11.3 Å². The van der Waals surface area contributed by atoms with E-state index in [4.69, 9.17) is 0 Å². The summed E-state index contributed by atoms with van der Waals surface area (Å²) in [5, 5.41) is 0. The molecule has 64 valence electrons. The summed E-state index contributed by atoms with van der Waals surface area (Å²) >= 11 is 0. The number of ether oxygens (including phenoxy) is 1. The van der Waals surface area contributed by atoms with E-state index >= 15 is 0 Å². The summed E-state index contributed by atoms with van der Waals surface area (Å²) < 4.78 is 17.1. The highest BCUT2D eigenvalue weighted by molar-refractivity contribution is 5.64. The second-order valence-electron chi connectivity index (χ2n) is 2.04. The molecule has 0 aromatic carbocycles. The molecule has 1 aromatic rings. The van der Waals surface area contributed by atoms with Crippen molar-refractivity contribution >= 4 is 6.09 Å². The zero-order chi connectivity index (χ0) is 8.97. The summed E-state index contributed by atoms with van der Waals surface area (Å²) in [5.41, 5.74) is 4.74. The minimum absolute atomic E-state index is 0.0660. The number of aromatic nitrogens is 1. The molecule has 4 nitrogen and oxygen atoms in total. The lowest BCUT2D eigenvalue weighted by atomic mass is 10.3. The molecule has 0 saturated carbocycles. The zero-order valence-corrected chi connectivity index (χ0v) is 6.16. The topological polar surface area (TPSA) is 65.2 Å². The monoisotopic (exact) mass is 170 g/mol. The molecule has 0 aliphatic heterocycles. The Morgan fingerprint density at radius 3 is 3.08 bits per heavy atom. The summed E-state index contributed by atoms with van der Waals surface area (Å²) in [6, 6.07) is 2.68. The van der Waals surface area contributed by atoms with Crippen molar-refractivity contribution in [3.63, 3.8) is 0 Å². The number of nitrogens with zero attached hydrogens (tertiary/aromatic N) is 1. The summed E-state index contributed by atoms with van der Waals surface area (Å²) in [7, 11) is 0. The van der Waals surface area contributed by atoms with Crippen LogP contribution in [0.25, 0.3) is 0 Å². The van der Waals surface area contributed by atoms with Crippen molar-refractivity contribution in [1.82, 2.24) is 4.98 Å². The smallest absolute Gasteiger partial charge is 0.404 e. The van der Waals surface area contributed by atoms with Gasteiger partial charge in [-0.1, -0.05) is 0 Å². The molecule has 0 unspecified atom stereocenters. The highest BCUT2D eigenvalue weighted by Gasteiger charge is 2.03. The highest BCUT2D eigenvalue weighted by atomic mass is 19.1. The molecule has 1 amide bonds. The van der Waals surface area contributed by atoms with Gasteiger partial charge in [0.1, 0.15) is 18.1 Å². The molecular formula is C7H7FN2O2. The first-order valence-electron chi connectivity index (χ1n) is 3.22. The van der Waals surface area contributed by atoms with Crippen LogP contribution in [0.2, 0.25) is 0 Å². The van der Waals surface area contributed by atoms with Gasteiger partial charge in [0, 0.05) is 6.20 Å². The molecule has 12 heavy (non-hydrogen) atoms. The average molecular weight is 170 g/mol. The SMILES string of the molecule is NC(=O)OCc1ncccc1F. The van der Waals surface area contributed by atoms with Crippen molar-refractivity contribution in [2.24, 2.45) is 5.73 Å². The van der Waals surface area contributed by atoms with E-state index in [2.05, 4.69) is 15.5 Å². The number of rotatable bonds is 2. The first-order valence-corrected chi connectivity index (χ1v) is 3.22. The number of carbonyl (C=O) groups excluding carboxylic acids is 1. The number of hydrogen-bond acceptors (Lipinski definition) is 3. The van der Waals surface area contributed by atoms with E-state index < -0.39 is 11.9 Å². The Kier molecular flexibility index (Phi) is 2.57. The van der Waals surface area contributed by atoms with E-state index in [1.54, 1.807) is 0 Å². The van der Waals surface area contributed by atoms with Crippen LogP contribution in [0.3, 0.4) is 0 Å². The van der Waals surface area contributed by atoms with E-state index in [0.29, 0.717) is 0 Å². The fraction of sp³-hybridized carbons (Fsp3) is 0.143. The van der Waals surface area contributed by atoms with Crippen LogP contribution in [0.4, 0.5) is 9.18 Å². The lowest BCUT2D eigenvalue weighted by molar-refractivity contribution is 0.147. The van der Waals surface area contributed by atoms with E-state index in [0.717, 1.165) is 0 Å². The zero-order valence-electron chi connectivity index (χ0n) is 6.16. The van der Waals surface area contributed by atoms with E-state index in [1.807, 2.05) is 0 Å². The van der Waals surface area contributed by atoms with Crippen molar-refractivity contribution in [2.45, 2.75) is 6.61 Å². The van der Waals surface area contributed by atoms with Gasteiger partial charge in [-0.3, -0.25) is 4.98 Å². The molecule has 0 radical (unpaired) electrons. The number of primary amides is 1. The molecule has 0 atom stereocenters. The molecule has 1 aromatic heterocycles. The van der Waals surface area contributed by atoms with E-state index in [1.165, 1.54) is 18.3 Å². The lowest BCUT2D eigenvalue weighted by Gasteiger charge is -2.00. The van der Waals surface area contributed by atoms with Crippen LogP contribution < -0.4 is 5.73 Å². The maximum Gasteiger partial charge on any atom is 0.404 e. The number of nitrogens with two attached hydrogens (primary N) is 1. The molecule has 0 aliphatic rings. The van der Waals surface area contributed by atoms with Crippen LogP contribution in [-0.4, -0.2) is 11.1 Å². The van der Waals surface area contributed by atoms with E-state index in [9.17, 15) is 9.18 Å². The summed E-state index contributed by atoms with van der Waals surface area (Å²) in [5.74, 6) is -0.515. The third-order valence-electron chi connectivity index (χ3n) is 1.19. The van der Waals surface area contributed by atoms with Gasteiger partial charge in [-0.05, 0) is 12.1 Å². The predicted octanol–water partition coefficient (Wildman–Crippen LogP) is 0.816. The van der Waals surface area contributed by atoms with Gasteiger partial charge in [-0.15, -0.1) is 0 Å². The lowest BCUT2D eigenvalue weighted by Crippen LogP contribution is -2.13. The fourth-order valence-electron chi connectivity index (χ4n) is 0.664.